The smallest absolute Gasteiger partial charge is 0.349 e. The molecule has 0 unspecified atom stereocenters. The molecule has 0 amide bonds. The second-order valence-corrected chi connectivity index (χ2v) is 11.6. The molecule has 0 radical (unpaired) electrons. The van der Waals surface area contributed by atoms with E-state index in [1.807, 2.05) is 97.1 Å². The Hall–Kier alpha value is -5.88. The lowest BCUT2D eigenvalue weighted by molar-refractivity contribution is -0.137. The van der Waals surface area contributed by atoms with Crippen molar-refractivity contribution in [2.45, 2.75) is 26.7 Å². The van der Waals surface area contributed by atoms with Crippen LogP contribution in [0.4, 0.5) is 0 Å². The number of esters is 2. The number of carbonyl (C=O) groups excluding carboxylic acids is 2. The molecule has 0 aliphatic carbocycles. The molecule has 0 aliphatic rings. The number of fused-ring (bicyclic) bond motifs is 4. The van der Waals surface area contributed by atoms with Crippen LogP contribution in [0.5, 0.6) is 23.0 Å². The first kappa shape index (κ1) is 30.8. The van der Waals surface area contributed by atoms with Crippen molar-refractivity contribution < 1.29 is 28.5 Å². The number of hydrogen-bond donors (Lipinski definition) is 0. The van der Waals surface area contributed by atoms with Gasteiger partial charge in [-0.05, 0) is 52.9 Å². The number of aryl methyl sites for hydroxylation is 2. The lowest BCUT2D eigenvalue weighted by Crippen LogP contribution is -2.19. The number of ether oxygens (including phenoxy) is 4. The van der Waals surface area contributed by atoms with E-state index in [9.17, 15) is 9.59 Å². The molecule has 6 heteroatoms. The maximum absolute atomic E-state index is 13.2. The Balaban J connectivity index is 1.23. The van der Waals surface area contributed by atoms with Gasteiger partial charge in [0, 0.05) is 32.3 Å². The van der Waals surface area contributed by atoms with E-state index in [0.29, 0.717) is 23.0 Å². The largest absolute Gasteiger partial charge is 0.481 e. The Bertz CT molecular complexity index is 2310. The number of hydrogen-bond acceptors (Lipinski definition) is 6. The summed E-state index contributed by atoms with van der Waals surface area (Å²) in [7, 11) is 0. The normalized spacial score (nSPS) is 11.2. The molecular formula is C42H34O6. The van der Waals surface area contributed by atoms with Crippen LogP contribution in [0.25, 0.3) is 43.1 Å². The molecule has 0 fully saturated rings. The lowest BCUT2D eigenvalue weighted by Gasteiger charge is -2.20. The molecule has 0 saturated carbocycles. The van der Waals surface area contributed by atoms with E-state index in [1.165, 1.54) is 0 Å². The molecular weight excluding hydrogens is 600 g/mol. The molecule has 6 nitrogen and oxygen atoms in total. The molecule has 0 heterocycles. The van der Waals surface area contributed by atoms with Crippen LogP contribution in [0.15, 0.2) is 121 Å². The summed E-state index contributed by atoms with van der Waals surface area (Å²) in [5, 5.41) is 6.84. The zero-order valence-electron chi connectivity index (χ0n) is 26.8. The molecule has 0 N–H and O–H groups in total. The number of carbonyl (C=O) groups is 2. The zero-order valence-corrected chi connectivity index (χ0v) is 26.8. The van der Waals surface area contributed by atoms with Crippen molar-refractivity contribution >= 4 is 55.0 Å². The first-order valence-corrected chi connectivity index (χ1v) is 16.2. The Morgan fingerprint density at radius 3 is 1.52 bits per heavy atom. The van der Waals surface area contributed by atoms with Crippen molar-refractivity contribution in [3.05, 3.63) is 132 Å². The van der Waals surface area contributed by atoms with Crippen LogP contribution in [-0.4, -0.2) is 25.2 Å². The van der Waals surface area contributed by atoms with Gasteiger partial charge in [-0.3, -0.25) is 0 Å². The Kier molecular flexibility index (Phi) is 8.63. The summed E-state index contributed by atoms with van der Waals surface area (Å²) in [5.74, 6) is 1.08. The van der Waals surface area contributed by atoms with Gasteiger partial charge < -0.3 is 18.9 Å². The van der Waals surface area contributed by atoms with E-state index in [2.05, 4.69) is 26.0 Å². The van der Waals surface area contributed by atoms with Gasteiger partial charge in [0.25, 0.3) is 0 Å². The molecule has 238 valence electrons. The highest BCUT2D eigenvalue weighted by Gasteiger charge is 2.22. The molecule has 0 aromatic heterocycles. The second-order valence-electron chi connectivity index (χ2n) is 11.6. The predicted molar refractivity (Wildman–Crippen MR) is 190 cm³/mol. The van der Waals surface area contributed by atoms with Crippen LogP contribution >= 0.6 is 0 Å². The lowest BCUT2D eigenvalue weighted by atomic mass is 9.93. The van der Waals surface area contributed by atoms with Crippen LogP contribution in [0.3, 0.4) is 0 Å². The van der Waals surface area contributed by atoms with Gasteiger partial charge in [-0.1, -0.05) is 117 Å². The van der Waals surface area contributed by atoms with E-state index < -0.39 is 11.9 Å². The fourth-order valence-electron chi connectivity index (χ4n) is 6.30. The minimum atomic E-state index is -0.512. The average molecular weight is 635 g/mol. The first-order valence-electron chi connectivity index (χ1n) is 16.2. The molecule has 7 rings (SSSR count). The maximum Gasteiger partial charge on any atom is 0.349 e. The van der Waals surface area contributed by atoms with E-state index in [-0.39, 0.29) is 13.2 Å². The summed E-state index contributed by atoms with van der Waals surface area (Å²) in [6, 6.07) is 38.7. The van der Waals surface area contributed by atoms with Gasteiger partial charge in [-0.15, -0.1) is 0 Å². The molecule has 7 aromatic carbocycles. The van der Waals surface area contributed by atoms with Gasteiger partial charge in [0.2, 0.25) is 0 Å². The minimum Gasteiger partial charge on any atom is -0.481 e. The van der Waals surface area contributed by atoms with Gasteiger partial charge in [0.05, 0.1) is 0 Å². The highest BCUT2D eigenvalue weighted by molar-refractivity contribution is 6.12. The summed E-state index contributed by atoms with van der Waals surface area (Å²) >= 11 is 0. The molecule has 0 aliphatic heterocycles. The quantitative estimate of drug-likeness (QED) is 0.0848. The highest BCUT2D eigenvalue weighted by atomic mass is 16.6. The van der Waals surface area contributed by atoms with E-state index in [1.54, 1.807) is 12.1 Å². The van der Waals surface area contributed by atoms with Gasteiger partial charge in [0.1, 0.15) is 23.0 Å². The molecule has 48 heavy (non-hydrogen) atoms. The summed E-state index contributed by atoms with van der Waals surface area (Å²) < 4.78 is 24.3. The Labute approximate surface area is 278 Å². The molecule has 7 aromatic rings. The Morgan fingerprint density at radius 2 is 0.979 bits per heavy atom. The van der Waals surface area contributed by atoms with Crippen molar-refractivity contribution in [1.82, 2.24) is 0 Å². The zero-order chi connectivity index (χ0) is 33.0. The fourth-order valence-corrected chi connectivity index (χ4v) is 6.30. The molecule has 0 atom stereocenters. The summed E-state index contributed by atoms with van der Waals surface area (Å²) in [4.78, 5) is 26.4. The maximum atomic E-state index is 13.2. The van der Waals surface area contributed by atoms with Crippen LogP contribution in [-0.2, 0) is 22.4 Å². The van der Waals surface area contributed by atoms with E-state index in [4.69, 9.17) is 18.9 Å². The van der Waals surface area contributed by atoms with Crippen molar-refractivity contribution in [3.63, 3.8) is 0 Å². The highest BCUT2D eigenvalue weighted by Crippen LogP contribution is 2.45. The predicted octanol–water partition coefficient (Wildman–Crippen LogP) is 9.39. The van der Waals surface area contributed by atoms with Crippen molar-refractivity contribution in [3.8, 4) is 23.0 Å². The van der Waals surface area contributed by atoms with Crippen LogP contribution in [0.2, 0.25) is 0 Å². The van der Waals surface area contributed by atoms with Crippen molar-refractivity contribution in [2.24, 2.45) is 0 Å². The van der Waals surface area contributed by atoms with E-state index in [0.717, 1.165) is 67.1 Å². The number of benzene rings is 7. The topological polar surface area (TPSA) is 71.1 Å². The first-order chi connectivity index (χ1) is 23.5. The molecule has 0 spiro atoms. The SMILES string of the molecule is CCc1cc(CC)c2c(OCC(=O)Oc3cccc4ccccc34)c3ccccc3c(OCC(=O)Oc3cccc4ccccc34)c2c1. The van der Waals surface area contributed by atoms with Crippen LogP contribution < -0.4 is 18.9 Å². The summed E-state index contributed by atoms with van der Waals surface area (Å²) in [5.41, 5.74) is 2.18. The summed E-state index contributed by atoms with van der Waals surface area (Å²) in [6.07, 6.45) is 1.54. The summed E-state index contributed by atoms with van der Waals surface area (Å²) in [6.45, 7) is 3.60. The van der Waals surface area contributed by atoms with Crippen molar-refractivity contribution in [1.29, 1.82) is 0 Å². The van der Waals surface area contributed by atoms with Gasteiger partial charge in [0.15, 0.2) is 13.2 Å². The monoisotopic (exact) mass is 634 g/mol. The second kappa shape index (κ2) is 13.5. The van der Waals surface area contributed by atoms with Gasteiger partial charge >= 0.3 is 11.9 Å². The third-order valence-electron chi connectivity index (χ3n) is 8.57. The fraction of sp³-hybridized carbons (Fsp3) is 0.143. The number of rotatable bonds is 10. The van der Waals surface area contributed by atoms with Crippen LogP contribution in [0, 0.1) is 0 Å². The minimum absolute atomic E-state index is 0.293. The Morgan fingerprint density at radius 1 is 0.500 bits per heavy atom. The van der Waals surface area contributed by atoms with Crippen molar-refractivity contribution in [2.75, 3.05) is 13.2 Å². The third-order valence-corrected chi connectivity index (χ3v) is 8.57. The average Bonchev–Trinajstić information content (AvgIpc) is 3.12. The molecule has 0 bridgehead atoms. The van der Waals surface area contributed by atoms with E-state index >= 15 is 0 Å². The molecule has 0 saturated heterocycles. The van der Waals surface area contributed by atoms with Gasteiger partial charge in [-0.25, -0.2) is 9.59 Å². The van der Waals surface area contributed by atoms with Gasteiger partial charge in [-0.2, -0.15) is 0 Å². The third kappa shape index (κ3) is 6.00. The van der Waals surface area contributed by atoms with Crippen LogP contribution in [0.1, 0.15) is 25.0 Å². The standard InChI is InChI=1S/C42H34O6/c1-3-27-23-28(4-2)40-35(24-27)41(45-25-38(43)47-36-21-11-15-29-13-5-7-17-31(29)36)33-19-9-10-20-34(33)42(40)46-26-39(44)48-37-22-12-16-30-14-6-8-18-32(30)37/h5-24H,3-4,25-26H2,1-2H3.